The maximum absolute atomic E-state index is 12.6. The molecular weight excluding hydrogens is 418 g/mol. The average molecular weight is 452 g/mol. The van der Waals surface area contributed by atoms with Gasteiger partial charge in [0.05, 0.1) is 6.04 Å². The van der Waals surface area contributed by atoms with Crippen molar-refractivity contribution in [3.8, 4) is 0 Å². The molecule has 3 amide bonds. The van der Waals surface area contributed by atoms with Crippen LogP contribution in [0.25, 0.3) is 0 Å². The van der Waals surface area contributed by atoms with Crippen LogP contribution in [0.3, 0.4) is 0 Å². The van der Waals surface area contributed by atoms with E-state index in [0.29, 0.717) is 19.4 Å². The van der Waals surface area contributed by atoms with E-state index in [-0.39, 0.29) is 23.8 Å². The van der Waals surface area contributed by atoms with Crippen molar-refractivity contribution in [2.24, 2.45) is 17.4 Å². The molecule has 29 heavy (non-hydrogen) atoms. The molecule has 0 rings (SSSR count). The SMILES string of the molecule is CC(C)C(NC(=O)C(CCCCN)NC(=O)C(CS)NC(=O)C(N)CS)C(=O)O. The van der Waals surface area contributed by atoms with Crippen LogP contribution < -0.4 is 27.4 Å². The number of carboxylic acid groups (broad SMARTS) is 1. The number of hydrogen-bond acceptors (Lipinski definition) is 8. The number of carboxylic acids is 1. The number of amides is 3. The van der Waals surface area contributed by atoms with Gasteiger partial charge in [-0.1, -0.05) is 13.8 Å². The van der Waals surface area contributed by atoms with Crippen LogP contribution in [0.1, 0.15) is 33.1 Å². The highest BCUT2D eigenvalue weighted by molar-refractivity contribution is 7.80. The second-order valence-electron chi connectivity index (χ2n) is 6.95. The van der Waals surface area contributed by atoms with Crippen LogP contribution in [-0.4, -0.2) is 71.0 Å². The third kappa shape index (κ3) is 10.2. The molecule has 10 nitrogen and oxygen atoms in total. The van der Waals surface area contributed by atoms with Gasteiger partial charge in [0.25, 0.3) is 0 Å². The molecule has 4 unspecified atom stereocenters. The van der Waals surface area contributed by atoms with Crippen molar-refractivity contribution >= 4 is 48.9 Å². The molecule has 0 aromatic rings. The molecule has 168 valence electrons. The zero-order valence-electron chi connectivity index (χ0n) is 16.8. The Hall–Kier alpha value is -1.50. The number of thiol groups is 2. The number of rotatable bonds is 14. The van der Waals surface area contributed by atoms with Gasteiger partial charge in [-0.3, -0.25) is 14.4 Å². The van der Waals surface area contributed by atoms with Gasteiger partial charge >= 0.3 is 5.97 Å². The summed E-state index contributed by atoms with van der Waals surface area (Å²) in [5.41, 5.74) is 11.1. The fraction of sp³-hybridized carbons (Fsp3) is 0.765. The maximum atomic E-state index is 12.6. The van der Waals surface area contributed by atoms with Gasteiger partial charge in [0.1, 0.15) is 18.1 Å². The van der Waals surface area contributed by atoms with Gasteiger partial charge in [-0.15, -0.1) is 0 Å². The zero-order chi connectivity index (χ0) is 22.6. The summed E-state index contributed by atoms with van der Waals surface area (Å²) < 4.78 is 0. The smallest absolute Gasteiger partial charge is 0.326 e. The van der Waals surface area contributed by atoms with Crippen molar-refractivity contribution in [1.82, 2.24) is 16.0 Å². The van der Waals surface area contributed by atoms with Crippen molar-refractivity contribution in [3.63, 3.8) is 0 Å². The van der Waals surface area contributed by atoms with Crippen LogP contribution >= 0.6 is 25.3 Å². The summed E-state index contributed by atoms with van der Waals surface area (Å²) in [7, 11) is 0. The Balaban J connectivity index is 5.23. The average Bonchev–Trinajstić information content (AvgIpc) is 2.67. The zero-order valence-corrected chi connectivity index (χ0v) is 18.5. The molecule has 0 saturated heterocycles. The molecule has 0 radical (unpaired) electrons. The first-order valence-corrected chi connectivity index (χ1v) is 10.7. The number of aliphatic carboxylic acids is 1. The minimum Gasteiger partial charge on any atom is -0.480 e. The molecule has 0 aliphatic heterocycles. The van der Waals surface area contributed by atoms with E-state index in [1.54, 1.807) is 13.8 Å². The lowest BCUT2D eigenvalue weighted by molar-refractivity contribution is -0.143. The third-order valence-corrected chi connectivity index (χ3v) is 4.92. The Morgan fingerprint density at radius 2 is 1.45 bits per heavy atom. The molecule has 0 spiro atoms. The van der Waals surface area contributed by atoms with Gasteiger partial charge in [0.15, 0.2) is 0 Å². The van der Waals surface area contributed by atoms with Crippen LogP contribution in [0.15, 0.2) is 0 Å². The van der Waals surface area contributed by atoms with Gasteiger partial charge in [-0.05, 0) is 31.7 Å². The summed E-state index contributed by atoms with van der Waals surface area (Å²) in [5, 5.41) is 16.8. The van der Waals surface area contributed by atoms with Crippen molar-refractivity contribution in [3.05, 3.63) is 0 Å². The lowest BCUT2D eigenvalue weighted by Crippen LogP contribution is -2.58. The Morgan fingerprint density at radius 3 is 1.90 bits per heavy atom. The monoisotopic (exact) mass is 451 g/mol. The topological polar surface area (TPSA) is 177 Å². The number of hydrogen-bond donors (Lipinski definition) is 8. The van der Waals surface area contributed by atoms with E-state index in [1.165, 1.54) is 0 Å². The fourth-order valence-electron chi connectivity index (χ4n) is 2.36. The van der Waals surface area contributed by atoms with E-state index < -0.39 is 47.9 Å². The molecule has 4 atom stereocenters. The van der Waals surface area contributed by atoms with Crippen LogP contribution in [0.5, 0.6) is 0 Å². The Kier molecular flexibility index (Phi) is 13.7. The number of nitrogens with two attached hydrogens (primary N) is 2. The first-order chi connectivity index (χ1) is 13.6. The van der Waals surface area contributed by atoms with Gasteiger partial charge < -0.3 is 32.5 Å². The highest BCUT2D eigenvalue weighted by Crippen LogP contribution is 2.06. The molecule has 0 aromatic carbocycles. The Bertz CT molecular complexity index is 564. The van der Waals surface area contributed by atoms with E-state index in [2.05, 4.69) is 41.2 Å². The molecule has 8 N–H and O–H groups in total. The van der Waals surface area contributed by atoms with Gasteiger partial charge in [0, 0.05) is 11.5 Å². The molecule has 0 fully saturated rings. The molecule has 0 bridgehead atoms. The van der Waals surface area contributed by atoms with E-state index >= 15 is 0 Å². The third-order valence-electron chi connectivity index (χ3n) is 4.16. The number of nitrogens with one attached hydrogen (secondary N) is 3. The summed E-state index contributed by atoms with van der Waals surface area (Å²) in [6.45, 7) is 3.75. The normalized spacial score (nSPS) is 15.1. The molecular formula is C17H33N5O5S2. The number of unbranched alkanes of at least 4 members (excludes halogenated alkanes) is 1. The van der Waals surface area contributed by atoms with Gasteiger partial charge in [0.2, 0.25) is 17.7 Å². The maximum Gasteiger partial charge on any atom is 0.326 e. The van der Waals surface area contributed by atoms with Crippen molar-refractivity contribution in [2.75, 3.05) is 18.1 Å². The lowest BCUT2D eigenvalue weighted by Gasteiger charge is -2.25. The van der Waals surface area contributed by atoms with E-state index in [4.69, 9.17) is 11.5 Å². The van der Waals surface area contributed by atoms with Crippen LogP contribution in [0, 0.1) is 5.92 Å². The predicted octanol–water partition coefficient (Wildman–Crippen LogP) is -1.50. The van der Waals surface area contributed by atoms with E-state index in [0.717, 1.165) is 0 Å². The first-order valence-electron chi connectivity index (χ1n) is 9.40. The highest BCUT2D eigenvalue weighted by atomic mass is 32.1. The van der Waals surface area contributed by atoms with Crippen molar-refractivity contribution < 1.29 is 24.3 Å². The predicted molar refractivity (Wildman–Crippen MR) is 117 cm³/mol. The van der Waals surface area contributed by atoms with E-state index in [1.807, 2.05) is 0 Å². The molecule has 0 aliphatic carbocycles. The van der Waals surface area contributed by atoms with Crippen LogP contribution in [-0.2, 0) is 19.2 Å². The molecule has 0 aromatic heterocycles. The standard InChI is InChI=1S/C17H33N5O5S2/c1-9(2)13(17(26)27)22-15(24)11(5-3-4-6-18)20-16(25)12(8-29)21-14(23)10(19)7-28/h9-13,28-29H,3-8,18-19H2,1-2H3,(H,20,25)(H,21,23)(H,22,24)(H,26,27). The second kappa shape index (κ2) is 14.5. The van der Waals surface area contributed by atoms with Crippen molar-refractivity contribution in [2.45, 2.75) is 57.3 Å². The molecule has 0 aliphatic rings. The van der Waals surface area contributed by atoms with Crippen LogP contribution in [0.4, 0.5) is 0 Å². The molecule has 12 heteroatoms. The quantitative estimate of drug-likeness (QED) is 0.117. The lowest BCUT2D eigenvalue weighted by atomic mass is 10.0. The summed E-state index contributed by atoms with van der Waals surface area (Å²) in [6, 6.07) is -3.97. The van der Waals surface area contributed by atoms with Crippen LogP contribution in [0.2, 0.25) is 0 Å². The van der Waals surface area contributed by atoms with Gasteiger partial charge in [-0.2, -0.15) is 25.3 Å². The highest BCUT2D eigenvalue weighted by Gasteiger charge is 2.30. The number of carbonyl (C=O) groups excluding carboxylic acids is 3. The van der Waals surface area contributed by atoms with Gasteiger partial charge in [-0.25, -0.2) is 4.79 Å². The molecule has 0 saturated carbocycles. The second-order valence-corrected chi connectivity index (χ2v) is 7.68. The Morgan fingerprint density at radius 1 is 0.897 bits per heavy atom. The van der Waals surface area contributed by atoms with Crippen molar-refractivity contribution in [1.29, 1.82) is 0 Å². The first kappa shape index (κ1) is 27.5. The summed E-state index contributed by atoms with van der Waals surface area (Å²) >= 11 is 8.00. The summed E-state index contributed by atoms with van der Waals surface area (Å²) in [5.74, 6) is -3.23. The minimum atomic E-state index is -1.17. The fourth-order valence-corrected chi connectivity index (χ4v) is 2.78. The largest absolute Gasteiger partial charge is 0.480 e. The minimum absolute atomic E-state index is 0.0161. The molecule has 0 heterocycles. The summed E-state index contributed by atoms with van der Waals surface area (Å²) in [4.78, 5) is 48.5. The number of carbonyl (C=O) groups is 4. The summed E-state index contributed by atoms with van der Waals surface area (Å²) in [6.07, 6.45) is 1.45. The Labute approximate surface area is 182 Å². The van der Waals surface area contributed by atoms with E-state index in [9.17, 15) is 24.3 Å².